The second kappa shape index (κ2) is 10.9. The average molecular weight is 531 g/mol. The van der Waals surface area contributed by atoms with Crippen LogP contribution < -0.4 is 10.1 Å². The summed E-state index contributed by atoms with van der Waals surface area (Å²) < 4.78 is 18.8. The number of rotatable bonds is 7. The number of amides is 3. The molecule has 0 aromatic heterocycles. The van der Waals surface area contributed by atoms with Crippen molar-refractivity contribution in [2.24, 2.45) is 0 Å². The number of anilines is 1. The van der Waals surface area contributed by atoms with Gasteiger partial charge in [0.05, 0.1) is 22.2 Å². The van der Waals surface area contributed by atoms with E-state index in [1.54, 1.807) is 54.6 Å². The Morgan fingerprint density at radius 2 is 1.83 bits per heavy atom. The van der Waals surface area contributed by atoms with Gasteiger partial charge in [0, 0.05) is 5.02 Å². The van der Waals surface area contributed by atoms with Crippen LogP contribution in [0.2, 0.25) is 10.0 Å². The molecule has 10 heteroatoms. The van der Waals surface area contributed by atoms with Crippen LogP contribution in [0.3, 0.4) is 0 Å². The van der Waals surface area contributed by atoms with Crippen molar-refractivity contribution in [2.45, 2.75) is 6.54 Å². The van der Waals surface area contributed by atoms with Crippen molar-refractivity contribution in [1.29, 1.82) is 0 Å². The zero-order valence-corrected chi connectivity index (χ0v) is 20.3. The van der Waals surface area contributed by atoms with Gasteiger partial charge in [-0.2, -0.15) is 0 Å². The van der Waals surface area contributed by atoms with Crippen LogP contribution in [-0.2, 0) is 16.1 Å². The summed E-state index contributed by atoms with van der Waals surface area (Å²) in [6.07, 6.45) is 1.56. The fraction of sp³-hybridized carbons (Fsp3) is 0.0800. The molecule has 178 valence electrons. The first kappa shape index (κ1) is 24.8. The van der Waals surface area contributed by atoms with E-state index in [1.807, 2.05) is 0 Å². The lowest BCUT2D eigenvalue weighted by molar-refractivity contribution is -0.123. The molecule has 0 atom stereocenters. The number of ether oxygens (including phenoxy) is 1. The van der Waals surface area contributed by atoms with Crippen LogP contribution in [-0.4, -0.2) is 28.6 Å². The first-order valence-electron chi connectivity index (χ1n) is 10.3. The van der Waals surface area contributed by atoms with Gasteiger partial charge >= 0.3 is 0 Å². The molecule has 1 aliphatic rings. The SMILES string of the molecule is O=C(COc1cccc(/C=C2\SC(=O)N(Cc3ccc(F)cc3Cl)C2=O)c1)Nc1ccccc1Cl. The van der Waals surface area contributed by atoms with Gasteiger partial charge < -0.3 is 10.1 Å². The highest BCUT2D eigenvalue weighted by atomic mass is 35.5. The molecule has 35 heavy (non-hydrogen) atoms. The number of hydrogen-bond donors (Lipinski definition) is 1. The zero-order valence-electron chi connectivity index (χ0n) is 18.0. The number of hydrogen-bond acceptors (Lipinski definition) is 5. The van der Waals surface area contributed by atoms with Crippen molar-refractivity contribution < 1.29 is 23.5 Å². The molecule has 0 spiro atoms. The molecule has 3 aromatic carbocycles. The van der Waals surface area contributed by atoms with Crippen molar-refractivity contribution in [1.82, 2.24) is 4.90 Å². The van der Waals surface area contributed by atoms with E-state index in [0.717, 1.165) is 22.7 Å². The Labute approximate surface area is 214 Å². The van der Waals surface area contributed by atoms with Gasteiger partial charge in [0.1, 0.15) is 11.6 Å². The Balaban J connectivity index is 1.40. The maximum absolute atomic E-state index is 13.3. The fourth-order valence-corrected chi connectivity index (χ4v) is 4.45. The van der Waals surface area contributed by atoms with Gasteiger partial charge in [-0.3, -0.25) is 19.3 Å². The average Bonchev–Trinajstić information content (AvgIpc) is 3.08. The molecule has 1 N–H and O–H groups in total. The third kappa shape index (κ3) is 6.22. The maximum Gasteiger partial charge on any atom is 0.293 e. The molecule has 0 aliphatic carbocycles. The number of carbonyl (C=O) groups excluding carboxylic acids is 3. The van der Waals surface area contributed by atoms with Crippen molar-refractivity contribution in [3.63, 3.8) is 0 Å². The zero-order chi connectivity index (χ0) is 24.9. The number of imide groups is 1. The number of para-hydroxylation sites is 1. The van der Waals surface area contributed by atoms with Crippen LogP contribution in [0.5, 0.6) is 5.75 Å². The van der Waals surface area contributed by atoms with E-state index in [1.165, 1.54) is 12.1 Å². The monoisotopic (exact) mass is 530 g/mol. The molecule has 0 bridgehead atoms. The summed E-state index contributed by atoms with van der Waals surface area (Å²) in [5.74, 6) is -0.962. The summed E-state index contributed by atoms with van der Waals surface area (Å²) in [5.41, 5.74) is 1.55. The summed E-state index contributed by atoms with van der Waals surface area (Å²) in [4.78, 5) is 38.7. The highest BCUT2D eigenvalue weighted by Gasteiger charge is 2.35. The van der Waals surface area contributed by atoms with Gasteiger partial charge in [0.15, 0.2) is 6.61 Å². The smallest absolute Gasteiger partial charge is 0.293 e. The number of carbonyl (C=O) groups is 3. The van der Waals surface area contributed by atoms with Crippen LogP contribution in [0, 0.1) is 5.82 Å². The highest BCUT2D eigenvalue weighted by Crippen LogP contribution is 2.34. The molecule has 0 saturated carbocycles. The quantitative estimate of drug-likeness (QED) is 0.358. The van der Waals surface area contributed by atoms with Gasteiger partial charge in [-0.25, -0.2) is 4.39 Å². The van der Waals surface area contributed by atoms with E-state index in [0.29, 0.717) is 27.6 Å². The lowest BCUT2D eigenvalue weighted by atomic mass is 10.2. The Morgan fingerprint density at radius 1 is 1.03 bits per heavy atom. The largest absolute Gasteiger partial charge is 0.484 e. The molecular weight excluding hydrogens is 514 g/mol. The predicted molar refractivity (Wildman–Crippen MR) is 135 cm³/mol. The first-order chi connectivity index (χ1) is 16.8. The van der Waals surface area contributed by atoms with E-state index in [4.69, 9.17) is 27.9 Å². The van der Waals surface area contributed by atoms with Crippen LogP contribution in [0.15, 0.2) is 71.6 Å². The molecule has 1 fully saturated rings. The molecule has 6 nitrogen and oxygen atoms in total. The number of thioether (sulfide) groups is 1. The Hall–Kier alpha value is -3.33. The summed E-state index contributed by atoms with van der Waals surface area (Å²) in [5, 5.41) is 2.76. The third-order valence-electron chi connectivity index (χ3n) is 4.89. The lowest BCUT2D eigenvalue weighted by Gasteiger charge is -2.13. The minimum Gasteiger partial charge on any atom is -0.484 e. The van der Waals surface area contributed by atoms with Crippen molar-refractivity contribution in [2.75, 3.05) is 11.9 Å². The maximum atomic E-state index is 13.3. The molecule has 0 radical (unpaired) electrons. The Morgan fingerprint density at radius 3 is 2.60 bits per heavy atom. The van der Waals surface area contributed by atoms with Gasteiger partial charge in [0.2, 0.25) is 0 Å². The van der Waals surface area contributed by atoms with E-state index < -0.39 is 17.0 Å². The van der Waals surface area contributed by atoms with E-state index in [2.05, 4.69) is 5.32 Å². The van der Waals surface area contributed by atoms with Crippen molar-refractivity contribution in [3.8, 4) is 5.75 Å². The van der Waals surface area contributed by atoms with Crippen LogP contribution in [0.25, 0.3) is 6.08 Å². The highest BCUT2D eigenvalue weighted by molar-refractivity contribution is 8.18. The molecule has 1 aliphatic heterocycles. The minimum absolute atomic E-state index is 0.0647. The van der Waals surface area contributed by atoms with Gasteiger partial charge in [0.25, 0.3) is 17.1 Å². The summed E-state index contributed by atoms with van der Waals surface area (Å²) in [6, 6.07) is 17.4. The molecule has 1 saturated heterocycles. The lowest BCUT2D eigenvalue weighted by Crippen LogP contribution is -2.27. The number of benzene rings is 3. The first-order valence-corrected chi connectivity index (χ1v) is 11.8. The van der Waals surface area contributed by atoms with Crippen molar-refractivity contribution >= 4 is 63.8 Å². The van der Waals surface area contributed by atoms with E-state index in [9.17, 15) is 18.8 Å². The topological polar surface area (TPSA) is 75.7 Å². The number of nitrogens with zero attached hydrogens (tertiary/aromatic N) is 1. The summed E-state index contributed by atoms with van der Waals surface area (Å²) >= 11 is 12.9. The fourth-order valence-electron chi connectivity index (χ4n) is 3.20. The molecule has 3 aromatic rings. The second-order valence-electron chi connectivity index (χ2n) is 7.39. The van der Waals surface area contributed by atoms with Crippen LogP contribution >= 0.6 is 35.0 Å². The van der Waals surface area contributed by atoms with Crippen LogP contribution in [0.4, 0.5) is 14.9 Å². The van der Waals surface area contributed by atoms with Gasteiger partial charge in [-0.15, -0.1) is 0 Å². The molecular formula is C25H17Cl2FN2O4S. The molecule has 4 rings (SSSR count). The minimum atomic E-state index is -0.503. The Kier molecular flexibility index (Phi) is 7.75. The standard InChI is InChI=1S/C25H17Cl2FN2O4S/c26-19-6-1-2-7-21(19)29-23(31)14-34-18-5-3-4-15(10-18)11-22-24(32)30(25(33)35-22)13-16-8-9-17(28)12-20(16)27/h1-12H,13-14H2,(H,29,31)/b22-11-. The Bertz CT molecular complexity index is 1350. The summed E-state index contributed by atoms with van der Waals surface area (Å²) in [7, 11) is 0. The normalized spacial score (nSPS) is 14.5. The molecule has 3 amide bonds. The van der Waals surface area contributed by atoms with E-state index in [-0.39, 0.29) is 29.0 Å². The van der Waals surface area contributed by atoms with Crippen molar-refractivity contribution in [3.05, 3.63) is 98.6 Å². The predicted octanol–water partition coefficient (Wildman–Crippen LogP) is 6.39. The number of nitrogens with one attached hydrogen (secondary N) is 1. The summed E-state index contributed by atoms with van der Waals surface area (Å²) in [6.45, 7) is -0.311. The van der Waals surface area contributed by atoms with Gasteiger partial charge in [-0.1, -0.05) is 53.5 Å². The second-order valence-corrected chi connectivity index (χ2v) is 9.20. The van der Waals surface area contributed by atoms with Gasteiger partial charge in [-0.05, 0) is 65.4 Å². The van der Waals surface area contributed by atoms with Crippen LogP contribution in [0.1, 0.15) is 11.1 Å². The molecule has 0 unspecified atom stereocenters. The van der Waals surface area contributed by atoms with E-state index >= 15 is 0 Å². The third-order valence-corrected chi connectivity index (χ3v) is 6.48. The number of halogens is 3. The molecule has 1 heterocycles.